The molecule has 0 aliphatic carbocycles. The summed E-state index contributed by atoms with van der Waals surface area (Å²) in [6.07, 6.45) is 1.28. The lowest BCUT2D eigenvalue weighted by atomic mass is 9.92. The lowest BCUT2D eigenvalue weighted by Crippen LogP contribution is -2.60. The van der Waals surface area contributed by atoms with Gasteiger partial charge in [-0.15, -0.1) is 11.8 Å². The average molecular weight is 438 g/mol. The van der Waals surface area contributed by atoms with E-state index < -0.39 is 5.92 Å². The summed E-state index contributed by atoms with van der Waals surface area (Å²) >= 11 is 1.40. The second-order valence-electron chi connectivity index (χ2n) is 7.74. The molecule has 2 heterocycles. The fraction of sp³-hybridized carbons (Fsp3) is 0.571. The van der Waals surface area contributed by atoms with Crippen LogP contribution >= 0.6 is 11.8 Å². The van der Waals surface area contributed by atoms with Gasteiger partial charge in [0.15, 0.2) is 0 Å². The second-order valence-corrected chi connectivity index (χ2v) is 8.83. The number of nitrogens with zero attached hydrogens (tertiary/aromatic N) is 1. The number of nitrogens with one attached hydrogen (secondary N) is 2. The number of halogens is 1. The Hall–Kier alpha value is -2.13. The molecule has 0 aromatic heterocycles. The first-order chi connectivity index (χ1) is 14.4. The summed E-state index contributed by atoms with van der Waals surface area (Å²) in [5.74, 6) is -0.957. The van der Waals surface area contributed by atoms with Crippen molar-refractivity contribution in [1.29, 1.82) is 0 Å². The Kier molecular flexibility index (Phi) is 7.71. The van der Waals surface area contributed by atoms with E-state index in [2.05, 4.69) is 10.6 Å². The molecule has 0 spiro atoms. The third-order valence-corrected chi connectivity index (χ3v) is 6.83. The number of hydrogen-bond donors (Lipinski definition) is 2. The Balaban J connectivity index is 1.48. The smallest absolute Gasteiger partial charge is 0.308 e. The summed E-state index contributed by atoms with van der Waals surface area (Å²) in [5.41, 5.74) is 0.244. The minimum atomic E-state index is -0.471. The van der Waals surface area contributed by atoms with Gasteiger partial charge in [0.25, 0.3) is 0 Å². The number of carbonyl (C=O) groups is 3. The summed E-state index contributed by atoms with van der Waals surface area (Å²) in [5, 5.41) is 6.18. The molecule has 2 fully saturated rings. The Labute approximate surface area is 180 Å². The van der Waals surface area contributed by atoms with Gasteiger partial charge in [-0.1, -0.05) is 18.2 Å². The van der Waals surface area contributed by atoms with E-state index in [4.69, 9.17) is 4.74 Å². The van der Waals surface area contributed by atoms with E-state index in [-0.39, 0.29) is 47.5 Å². The van der Waals surface area contributed by atoms with Crippen molar-refractivity contribution in [3.63, 3.8) is 0 Å². The maximum Gasteiger partial charge on any atom is 0.308 e. The second kappa shape index (κ2) is 10.3. The maximum atomic E-state index is 13.8. The van der Waals surface area contributed by atoms with Crippen LogP contribution in [0.2, 0.25) is 0 Å². The van der Waals surface area contributed by atoms with E-state index in [1.807, 2.05) is 6.92 Å². The van der Waals surface area contributed by atoms with Crippen LogP contribution in [0.25, 0.3) is 0 Å². The van der Waals surface area contributed by atoms with Gasteiger partial charge in [0, 0.05) is 31.3 Å². The molecule has 3 unspecified atom stereocenters. The predicted octanol–water partition coefficient (Wildman–Crippen LogP) is 1.87. The number of amides is 2. The van der Waals surface area contributed by atoms with Crippen molar-refractivity contribution in [1.82, 2.24) is 15.5 Å². The molecule has 3 rings (SSSR count). The van der Waals surface area contributed by atoms with Crippen LogP contribution in [0.15, 0.2) is 24.3 Å². The Morgan fingerprint density at radius 2 is 1.97 bits per heavy atom. The molecule has 164 valence electrons. The van der Waals surface area contributed by atoms with Crippen LogP contribution in [0.1, 0.15) is 31.7 Å². The van der Waals surface area contributed by atoms with Gasteiger partial charge in [0.2, 0.25) is 11.8 Å². The normalized spacial score (nSPS) is 25.0. The van der Waals surface area contributed by atoms with E-state index in [1.54, 1.807) is 23.1 Å². The number of methoxy groups -OCH3 is 1. The summed E-state index contributed by atoms with van der Waals surface area (Å²) in [7, 11) is 1.37. The molecule has 30 heavy (non-hydrogen) atoms. The average Bonchev–Trinajstić information content (AvgIpc) is 2.75. The van der Waals surface area contributed by atoms with E-state index >= 15 is 0 Å². The number of ether oxygens (including phenoxy) is 1. The van der Waals surface area contributed by atoms with E-state index in [0.717, 1.165) is 0 Å². The van der Waals surface area contributed by atoms with Crippen LogP contribution in [0, 0.1) is 17.7 Å². The fourth-order valence-electron chi connectivity index (χ4n) is 3.86. The van der Waals surface area contributed by atoms with Crippen LogP contribution in [0.3, 0.4) is 0 Å². The van der Waals surface area contributed by atoms with Crippen molar-refractivity contribution in [3.05, 3.63) is 35.6 Å². The highest BCUT2D eigenvalue weighted by Gasteiger charge is 2.37. The zero-order valence-corrected chi connectivity index (χ0v) is 18.0. The van der Waals surface area contributed by atoms with Crippen LogP contribution in [0.5, 0.6) is 0 Å². The SMILES string of the molecule is COC(=O)C1CCN(C(=O)CC2C(=O)NC(SCc3ccccc3F)NC2C)CC1. The van der Waals surface area contributed by atoms with Crippen LogP contribution in [0.4, 0.5) is 4.39 Å². The van der Waals surface area contributed by atoms with Gasteiger partial charge in [-0.05, 0) is 31.4 Å². The highest BCUT2D eigenvalue weighted by Crippen LogP contribution is 2.25. The molecule has 1 aromatic rings. The van der Waals surface area contributed by atoms with Crippen molar-refractivity contribution in [2.24, 2.45) is 11.8 Å². The molecule has 2 amide bonds. The molecule has 0 radical (unpaired) electrons. The first-order valence-electron chi connectivity index (χ1n) is 10.2. The summed E-state index contributed by atoms with van der Waals surface area (Å²) in [4.78, 5) is 38.7. The van der Waals surface area contributed by atoms with Gasteiger partial charge in [-0.2, -0.15) is 0 Å². The van der Waals surface area contributed by atoms with Crippen molar-refractivity contribution >= 4 is 29.5 Å². The topological polar surface area (TPSA) is 87.7 Å². The molecule has 7 nitrogen and oxygen atoms in total. The zero-order valence-electron chi connectivity index (χ0n) is 17.2. The molecule has 2 aliphatic rings. The van der Waals surface area contributed by atoms with E-state index in [9.17, 15) is 18.8 Å². The summed E-state index contributed by atoms with van der Waals surface area (Å²) in [6, 6.07) is 6.38. The number of rotatable bonds is 6. The molecule has 0 saturated carbocycles. The van der Waals surface area contributed by atoms with Crippen molar-refractivity contribution in [2.75, 3.05) is 20.2 Å². The van der Waals surface area contributed by atoms with Crippen molar-refractivity contribution in [3.8, 4) is 0 Å². The lowest BCUT2D eigenvalue weighted by Gasteiger charge is -2.37. The Morgan fingerprint density at radius 3 is 2.60 bits per heavy atom. The van der Waals surface area contributed by atoms with Gasteiger partial charge in [0.1, 0.15) is 11.3 Å². The predicted molar refractivity (Wildman–Crippen MR) is 112 cm³/mol. The number of thioether (sulfide) groups is 1. The first-order valence-corrected chi connectivity index (χ1v) is 11.2. The highest BCUT2D eigenvalue weighted by molar-refractivity contribution is 7.99. The van der Waals surface area contributed by atoms with Gasteiger partial charge in [-0.3, -0.25) is 19.7 Å². The lowest BCUT2D eigenvalue weighted by molar-refractivity contribution is -0.149. The maximum absolute atomic E-state index is 13.8. The summed E-state index contributed by atoms with van der Waals surface area (Å²) < 4.78 is 18.6. The Morgan fingerprint density at radius 1 is 1.27 bits per heavy atom. The Bertz CT molecular complexity index is 785. The molecule has 9 heteroatoms. The van der Waals surface area contributed by atoms with Crippen LogP contribution in [-0.4, -0.2) is 54.4 Å². The van der Waals surface area contributed by atoms with Gasteiger partial charge in [0.05, 0.1) is 18.9 Å². The van der Waals surface area contributed by atoms with Crippen molar-refractivity contribution < 1.29 is 23.5 Å². The zero-order chi connectivity index (χ0) is 21.7. The van der Waals surface area contributed by atoms with Crippen molar-refractivity contribution in [2.45, 2.75) is 43.5 Å². The van der Waals surface area contributed by atoms with E-state index in [1.165, 1.54) is 24.9 Å². The molecule has 2 saturated heterocycles. The van der Waals surface area contributed by atoms with Gasteiger partial charge >= 0.3 is 5.97 Å². The van der Waals surface area contributed by atoms with Gasteiger partial charge in [-0.25, -0.2) is 4.39 Å². The third-order valence-electron chi connectivity index (χ3n) is 5.77. The molecule has 3 atom stereocenters. The number of piperidine rings is 1. The summed E-state index contributed by atoms with van der Waals surface area (Å²) in [6.45, 7) is 2.88. The monoisotopic (exact) mass is 437 g/mol. The van der Waals surface area contributed by atoms with Gasteiger partial charge < -0.3 is 15.0 Å². The largest absolute Gasteiger partial charge is 0.469 e. The van der Waals surface area contributed by atoms with Crippen LogP contribution in [-0.2, 0) is 24.9 Å². The number of carbonyl (C=O) groups excluding carboxylic acids is 3. The molecule has 1 aromatic carbocycles. The highest BCUT2D eigenvalue weighted by atomic mass is 32.2. The minimum absolute atomic E-state index is 0.0791. The quantitative estimate of drug-likeness (QED) is 0.661. The molecule has 0 bridgehead atoms. The number of hydrogen-bond acceptors (Lipinski definition) is 6. The fourth-order valence-corrected chi connectivity index (χ4v) is 4.95. The van der Waals surface area contributed by atoms with Crippen LogP contribution < -0.4 is 10.6 Å². The molecule has 2 aliphatic heterocycles. The first kappa shape index (κ1) is 22.6. The molecule has 2 N–H and O–H groups in total. The minimum Gasteiger partial charge on any atom is -0.469 e. The molecular formula is C21H28FN3O4S. The number of benzene rings is 1. The third kappa shape index (κ3) is 5.51. The standard InChI is InChI=1S/C21H28FN3O4S/c1-13-16(11-18(26)25-9-7-14(8-10-25)20(28)29-2)19(27)24-21(23-13)30-12-15-5-3-4-6-17(15)22/h3-6,13-14,16,21,23H,7-12H2,1-2H3,(H,24,27). The number of likely N-dealkylation sites (tertiary alicyclic amines) is 1. The van der Waals surface area contributed by atoms with E-state index in [0.29, 0.717) is 37.2 Å². The number of esters is 1. The molecular weight excluding hydrogens is 409 g/mol.